The number of rotatable bonds is 4. The van der Waals surface area contributed by atoms with Crippen molar-refractivity contribution >= 4 is 11.6 Å². The van der Waals surface area contributed by atoms with E-state index in [4.69, 9.17) is 11.6 Å². The topological polar surface area (TPSA) is 32.3 Å². The fourth-order valence-electron chi connectivity index (χ4n) is 2.80. The standard InChI is InChI=1S/C15H22ClNO/c1-2-15(18,10-12-4-3-9-17-11-12)13-5-7-14(16)8-6-13/h5-8,12,17-18H,2-4,9-11H2,1H3/t12-,15+/m0/s1. The Bertz CT molecular complexity index is 373. The lowest BCUT2D eigenvalue weighted by atomic mass is 9.80. The monoisotopic (exact) mass is 267 g/mol. The number of hydrogen-bond donors (Lipinski definition) is 2. The zero-order valence-corrected chi connectivity index (χ0v) is 11.7. The lowest BCUT2D eigenvalue weighted by Crippen LogP contribution is -2.36. The van der Waals surface area contributed by atoms with E-state index in [1.807, 2.05) is 31.2 Å². The number of benzene rings is 1. The molecule has 0 aromatic heterocycles. The van der Waals surface area contributed by atoms with Crippen molar-refractivity contribution in [3.8, 4) is 0 Å². The van der Waals surface area contributed by atoms with E-state index in [0.29, 0.717) is 5.92 Å². The van der Waals surface area contributed by atoms with Crippen LogP contribution < -0.4 is 5.32 Å². The van der Waals surface area contributed by atoms with Crippen LogP contribution in [0.1, 0.15) is 38.2 Å². The van der Waals surface area contributed by atoms with Gasteiger partial charge in [0.1, 0.15) is 0 Å². The summed E-state index contributed by atoms with van der Waals surface area (Å²) >= 11 is 5.91. The van der Waals surface area contributed by atoms with Gasteiger partial charge in [-0.25, -0.2) is 0 Å². The van der Waals surface area contributed by atoms with Crippen molar-refractivity contribution in [1.29, 1.82) is 0 Å². The zero-order valence-electron chi connectivity index (χ0n) is 11.0. The molecule has 0 radical (unpaired) electrons. The van der Waals surface area contributed by atoms with Gasteiger partial charge in [0.2, 0.25) is 0 Å². The molecule has 3 heteroatoms. The van der Waals surface area contributed by atoms with Crippen molar-refractivity contribution in [1.82, 2.24) is 5.32 Å². The van der Waals surface area contributed by atoms with E-state index in [1.165, 1.54) is 12.8 Å². The molecular weight excluding hydrogens is 246 g/mol. The first-order chi connectivity index (χ1) is 8.64. The highest BCUT2D eigenvalue weighted by atomic mass is 35.5. The van der Waals surface area contributed by atoms with E-state index in [2.05, 4.69) is 5.32 Å². The quantitative estimate of drug-likeness (QED) is 0.877. The Morgan fingerprint density at radius 3 is 2.67 bits per heavy atom. The van der Waals surface area contributed by atoms with E-state index in [-0.39, 0.29) is 0 Å². The average molecular weight is 268 g/mol. The Hall–Kier alpha value is -0.570. The molecule has 100 valence electrons. The minimum Gasteiger partial charge on any atom is -0.385 e. The molecule has 2 atom stereocenters. The minimum absolute atomic E-state index is 0.569. The van der Waals surface area contributed by atoms with Gasteiger partial charge in [-0.2, -0.15) is 0 Å². The molecule has 0 amide bonds. The van der Waals surface area contributed by atoms with Crippen LogP contribution in [-0.4, -0.2) is 18.2 Å². The lowest BCUT2D eigenvalue weighted by Gasteiger charge is -2.33. The summed E-state index contributed by atoms with van der Waals surface area (Å²) in [5.74, 6) is 0.569. The number of piperidine rings is 1. The molecule has 1 aromatic rings. The summed E-state index contributed by atoms with van der Waals surface area (Å²) in [5, 5.41) is 15.0. The third-order valence-electron chi connectivity index (χ3n) is 3.99. The number of halogens is 1. The molecule has 1 heterocycles. The van der Waals surface area contributed by atoms with Crippen LogP contribution in [0.2, 0.25) is 5.02 Å². The molecule has 2 rings (SSSR count). The van der Waals surface area contributed by atoms with Gasteiger partial charge in [-0.3, -0.25) is 0 Å². The van der Waals surface area contributed by atoms with Crippen molar-refractivity contribution in [2.24, 2.45) is 5.92 Å². The molecule has 1 aliphatic heterocycles. The second-order valence-corrected chi connectivity index (χ2v) is 5.74. The molecule has 18 heavy (non-hydrogen) atoms. The van der Waals surface area contributed by atoms with Crippen molar-refractivity contribution < 1.29 is 5.11 Å². The summed E-state index contributed by atoms with van der Waals surface area (Å²) in [6.45, 7) is 4.18. The molecular formula is C15H22ClNO. The van der Waals surface area contributed by atoms with Crippen molar-refractivity contribution in [2.75, 3.05) is 13.1 Å². The van der Waals surface area contributed by atoms with Gasteiger partial charge in [0, 0.05) is 5.02 Å². The van der Waals surface area contributed by atoms with Crippen LogP contribution in [0.4, 0.5) is 0 Å². The predicted octanol–water partition coefficient (Wildman–Crippen LogP) is 3.33. The Morgan fingerprint density at radius 2 is 2.11 bits per heavy atom. The maximum atomic E-state index is 10.9. The Labute approximate surface area is 114 Å². The molecule has 0 unspecified atom stereocenters. The highest BCUT2D eigenvalue weighted by Crippen LogP contribution is 2.34. The zero-order chi connectivity index (χ0) is 13.0. The second-order valence-electron chi connectivity index (χ2n) is 5.31. The molecule has 0 spiro atoms. The fraction of sp³-hybridized carbons (Fsp3) is 0.600. The highest BCUT2D eigenvalue weighted by Gasteiger charge is 2.31. The molecule has 1 fully saturated rings. The van der Waals surface area contributed by atoms with Crippen LogP contribution in [-0.2, 0) is 5.60 Å². The third-order valence-corrected chi connectivity index (χ3v) is 4.24. The van der Waals surface area contributed by atoms with Gasteiger partial charge in [-0.05, 0) is 62.4 Å². The Morgan fingerprint density at radius 1 is 1.39 bits per heavy atom. The molecule has 1 aromatic carbocycles. The van der Waals surface area contributed by atoms with Crippen LogP contribution >= 0.6 is 11.6 Å². The van der Waals surface area contributed by atoms with E-state index in [9.17, 15) is 5.11 Å². The second kappa shape index (κ2) is 6.05. The summed E-state index contributed by atoms with van der Waals surface area (Å²) in [6.07, 6.45) is 4.00. The molecule has 2 nitrogen and oxygen atoms in total. The smallest absolute Gasteiger partial charge is 0.0897 e. The number of nitrogens with one attached hydrogen (secondary N) is 1. The van der Waals surface area contributed by atoms with Crippen LogP contribution in [0.5, 0.6) is 0 Å². The molecule has 2 N–H and O–H groups in total. The molecule has 0 bridgehead atoms. The third kappa shape index (κ3) is 3.25. The summed E-state index contributed by atoms with van der Waals surface area (Å²) in [7, 11) is 0. The Balaban J connectivity index is 2.10. The van der Waals surface area contributed by atoms with E-state index in [1.54, 1.807) is 0 Å². The van der Waals surface area contributed by atoms with Gasteiger partial charge in [-0.15, -0.1) is 0 Å². The van der Waals surface area contributed by atoms with Crippen LogP contribution in [0.3, 0.4) is 0 Å². The number of aliphatic hydroxyl groups is 1. The molecule has 1 aliphatic rings. The van der Waals surface area contributed by atoms with Crippen LogP contribution in [0.25, 0.3) is 0 Å². The molecule has 1 saturated heterocycles. The fourth-order valence-corrected chi connectivity index (χ4v) is 2.93. The maximum Gasteiger partial charge on any atom is 0.0897 e. The van der Waals surface area contributed by atoms with Crippen molar-refractivity contribution in [3.05, 3.63) is 34.9 Å². The molecule has 0 saturated carbocycles. The summed E-state index contributed by atoms with van der Waals surface area (Å²) in [4.78, 5) is 0. The van der Waals surface area contributed by atoms with Gasteiger partial charge in [0.15, 0.2) is 0 Å². The average Bonchev–Trinajstić information content (AvgIpc) is 2.40. The summed E-state index contributed by atoms with van der Waals surface area (Å²) in [5.41, 5.74) is 0.272. The van der Waals surface area contributed by atoms with Gasteiger partial charge in [0.25, 0.3) is 0 Å². The molecule has 0 aliphatic carbocycles. The largest absolute Gasteiger partial charge is 0.385 e. The normalized spacial score (nSPS) is 23.6. The van der Waals surface area contributed by atoms with Gasteiger partial charge in [-0.1, -0.05) is 30.7 Å². The van der Waals surface area contributed by atoms with Gasteiger partial charge < -0.3 is 10.4 Å². The maximum absolute atomic E-state index is 10.9. The first-order valence-electron chi connectivity index (χ1n) is 6.83. The van der Waals surface area contributed by atoms with Crippen molar-refractivity contribution in [3.63, 3.8) is 0 Å². The van der Waals surface area contributed by atoms with E-state index < -0.39 is 5.60 Å². The van der Waals surface area contributed by atoms with E-state index in [0.717, 1.165) is 36.5 Å². The lowest BCUT2D eigenvalue weighted by molar-refractivity contribution is 0.00361. The van der Waals surface area contributed by atoms with E-state index >= 15 is 0 Å². The van der Waals surface area contributed by atoms with Crippen molar-refractivity contribution in [2.45, 2.75) is 38.2 Å². The highest BCUT2D eigenvalue weighted by molar-refractivity contribution is 6.30. The first kappa shape index (κ1) is 13.9. The first-order valence-corrected chi connectivity index (χ1v) is 7.21. The van der Waals surface area contributed by atoms with Crippen LogP contribution in [0, 0.1) is 5.92 Å². The number of hydrogen-bond acceptors (Lipinski definition) is 2. The minimum atomic E-state index is -0.714. The predicted molar refractivity (Wildman–Crippen MR) is 75.9 cm³/mol. The summed E-state index contributed by atoms with van der Waals surface area (Å²) in [6, 6.07) is 7.61. The SMILES string of the molecule is CC[C@@](O)(C[C@@H]1CCCNC1)c1ccc(Cl)cc1. The van der Waals surface area contributed by atoms with Crippen LogP contribution in [0.15, 0.2) is 24.3 Å². The Kier molecular flexibility index (Phi) is 4.66. The van der Waals surface area contributed by atoms with Gasteiger partial charge >= 0.3 is 0 Å². The van der Waals surface area contributed by atoms with Gasteiger partial charge in [0.05, 0.1) is 5.60 Å². The summed E-state index contributed by atoms with van der Waals surface area (Å²) < 4.78 is 0.